The van der Waals surface area contributed by atoms with E-state index in [-0.39, 0.29) is 0 Å². The number of thiophene rings is 1. The number of hydrogen-bond donors (Lipinski definition) is 1. The van der Waals surface area contributed by atoms with E-state index in [9.17, 15) is 0 Å². The van der Waals surface area contributed by atoms with Crippen molar-refractivity contribution in [1.29, 1.82) is 0 Å². The summed E-state index contributed by atoms with van der Waals surface area (Å²) < 4.78 is 12.7. The number of imidazole rings is 1. The third-order valence-electron chi connectivity index (χ3n) is 3.49. The van der Waals surface area contributed by atoms with E-state index in [1.165, 1.54) is 5.56 Å². The molecule has 110 valence electrons. The fraction of sp³-hybridized carbons (Fsp3) is 0.267. The summed E-state index contributed by atoms with van der Waals surface area (Å²) in [6.45, 7) is 0.786. The molecule has 0 aliphatic rings. The van der Waals surface area contributed by atoms with Crippen molar-refractivity contribution < 1.29 is 9.47 Å². The Balaban J connectivity index is 1.99. The van der Waals surface area contributed by atoms with E-state index in [1.807, 2.05) is 16.7 Å². The van der Waals surface area contributed by atoms with Crippen molar-refractivity contribution in [2.24, 2.45) is 0 Å². The average Bonchev–Trinajstić information content (AvgIpc) is 3.10. The van der Waals surface area contributed by atoms with E-state index < -0.39 is 0 Å². The highest BCUT2D eigenvalue weighted by Crippen LogP contribution is 2.33. The molecule has 0 amide bonds. The molecule has 0 fully saturated rings. The van der Waals surface area contributed by atoms with Crippen LogP contribution in [0.25, 0.3) is 11.0 Å². The van der Waals surface area contributed by atoms with Gasteiger partial charge in [-0.15, -0.1) is 0 Å². The van der Waals surface area contributed by atoms with Crippen molar-refractivity contribution in [3.63, 3.8) is 0 Å². The Kier molecular flexibility index (Phi) is 3.70. The minimum atomic E-state index is 0.510. The summed E-state index contributed by atoms with van der Waals surface area (Å²) in [5, 5.41) is 4.23. The predicted molar refractivity (Wildman–Crippen MR) is 85.3 cm³/mol. The van der Waals surface area contributed by atoms with Crippen LogP contribution in [0.3, 0.4) is 0 Å². The molecule has 0 saturated heterocycles. The van der Waals surface area contributed by atoms with Crippen molar-refractivity contribution in [2.75, 3.05) is 20.0 Å². The Morgan fingerprint density at radius 2 is 2.00 bits per heavy atom. The summed E-state index contributed by atoms with van der Waals surface area (Å²) in [7, 11) is 3.24. The van der Waals surface area contributed by atoms with Gasteiger partial charge in [0.2, 0.25) is 5.95 Å². The minimum Gasteiger partial charge on any atom is -0.493 e. The zero-order valence-corrected chi connectivity index (χ0v) is 12.8. The number of nitrogen functional groups attached to an aromatic ring is 1. The summed E-state index contributed by atoms with van der Waals surface area (Å²) >= 11 is 1.70. The molecule has 3 aromatic rings. The SMILES string of the molecule is COc1cc2nc(N)n(CCc3ccsc3)c2cc1OC. The van der Waals surface area contributed by atoms with Crippen LogP contribution >= 0.6 is 11.3 Å². The number of aromatic nitrogens is 2. The highest BCUT2D eigenvalue weighted by molar-refractivity contribution is 7.07. The second-order valence-corrected chi connectivity index (χ2v) is 5.48. The molecule has 0 spiro atoms. The van der Waals surface area contributed by atoms with Gasteiger partial charge in [0.15, 0.2) is 11.5 Å². The number of ether oxygens (including phenoxy) is 2. The number of benzene rings is 1. The molecule has 3 rings (SSSR count). The Morgan fingerprint density at radius 1 is 1.24 bits per heavy atom. The lowest BCUT2D eigenvalue weighted by molar-refractivity contribution is 0.355. The van der Waals surface area contributed by atoms with Gasteiger partial charge in [-0.05, 0) is 28.8 Å². The molecule has 0 aliphatic heterocycles. The zero-order valence-electron chi connectivity index (χ0n) is 12.0. The van der Waals surface area contributed by atoms with Crippen LogP contribution in [0.15, 0.2) is 29.0 Å². The summed E-state index contributed by atoms with van der Waals surface area (Å²) in [5.74, 6) is 1.85. The number of aryl methyl sites for hydroxylation is 2. The highest BCUT2D eigenvalue weighted by Gasteiger charge is 2.13. The molecule has 1 aromatic carbocycles. The molecule has 5 nitrogen and oxygen atoms in total. The van der Waals surface area contributed by atoms with Gasteiger partial charge in [0.05, 0.1) is 25.3 Å². The smallest absolute Gasteiger partial charge is 0.201 e. The molecule has 2 N–H and O–H groups in total. The maximum atomic E-state index is 6.05. The van der Waals surface area contributed by atoms with Gasteiger partial charge in [-0.3, -0.25) is 0 Å². The number of fused-ring (bicyclic) bond motifs is 1. The van der Waals surface area contributed by atoms with Crippen LogP contribution < -0.4 is 15.2 Å². The topological polar surface area (TPSA) is 62.3 Å². The van der Waals surface area contributed by atoms with E-state index in [1.54, 1.807) is 25.6 Å². The van der Waals surface area contributed by atoms with Crippen LogP contribution in [-0.2, 0) is 13.0 Å². The number of anilines is 1. The molecular weight excluding hydrogens is 286 g/mol. The normalized spacial score (nSPS) is 11.0. The van der Waals surface area contributed by atoms with Gasteiger partial charge in [0.1, 0.15) is 0 Å². The van der Waals surface area contributed by atoms with Crippen LogP contribution in [0.4, 0.5) is 5.95 Å². The number of rotatable bonds is 5. The van der Waals surface area contributed by atoms with Gasteiger partial charge in [-0.25, -0.2) is 4.98 Å². The minimum absolute atomic E-state index is 0.510. The maximum absolute atomic E-state index is 6.05. The molecular formula is C15H17N3O2S. The van der Waals surface area contributed by atoms with Gasteiger partial charge in [0.25, 0.3) is 0 Å². The molecule has 0 atom stereocenters. The Hall–Kier alpha value is -2.21. The van der Waals surface area contributed by atoms with Crippen molar-refractivity contribution in [1.82, 2.24) is 9.55 Å². The van der Waals surface area contributed by atoms with Gasteiger partial charge in [-0.2, -0.15) is 11.3 Å². The molecule has 0 bridgehead atoms. The molecule has 6 heteroatoms. The monoisotopic (exact) mass is 303 g/mol. The Labute approximate surface area is 126 Å². The quantitative estimate of drug-likeness (QED) is 0.787. The molecule has 2 heterocycles. The van der Waals surface area contributed by atoms with E-state index in [4.69, 9.17) is 15.2 Å². The second-order valence-electron chi connectivity index (χ2n) is 4.70. The Morgan fingerprint density at radius 3 is 2.67 bits per heavy atom. The Bertz CT molecular complexity index is 750. The van der Waals surface area contributed by atoms with E-state index in [2.05, 4.69) is 21.8 Å². The van der Waals surface area contributed by atoms with Crippen LogP contribution in [0, 0.1) is 0 Å². The third-order valence-corrected chi connectivity index (χ3v) is 4.22. The van der Waals surface area contributed by atoms with Crippen molar-refractivity contribution in [3.05, 3.63) is 34.5 Å². The summed E-state index contributed by atoms with van der Waals surface area (Å²) in [6.07, 6.45) is 0.924. The van der Waals surface area contributed by atoms with Crippen molar-refractivity contribution >= 4 is 28.3 Å². The summed E-state index contributed by atoms with van der Waals surface area (Å²) in [4.78, 5) is 4.40. The molecule has 21 heavy (non-hydrogen) atoms. The maximum Gasteiger partial charge on any atom is 0.201 e. The number of nitrogens with two attached hydrogens (primary N) is 1. The van der Waals surface area contributed by atoms with Crippen LogP contribution in [0.5, 0.6) is 11.5 Å². The largest absolute Gasteiger partial charge is 0.493 e. The summed E-state index contributed by atoms with van der Waals surface area (Å²) in [6, 6.07) is 5.90. The van der Waals surface area contributed by atoms with Crippen LogP contribution in [0.1, 0.15) is 5.56 Å². The van der Waals surface area contributed by atoms with Crippen LogP contribution in [0.2, 0.25) is 0 Å². The lowest BCUT2D eigenvalue weighted by Crippen LogP contribution is -2.05. The zero-order chi connectivity index (χ0) is 14.8. The molecule has 0 unspecified atom stereocenters. The van der Waals surface area contributed by atoms with E-state index in [0.717, 1.165) is 24.0 Å². The van der Waals surface area contributed by atoms with Gasteiger partial charge in [0, 0.05) is 18.7 Å². The van der Waals surface area contributed by atoms with Gasteiger partial charge in [-0.1, -0.05) is 0 Å². The number of nitrogens with zero attached hydrogens (tertiary/aromatic N) is 2. The van der Waals surface area contributed by atoms with Gasteiger partial charge >= 0.3 is 0 Å². The van der Waals surface area contributed by atoms with Crippen LogP contribution in [-0.4, -0.2) is 23.8 Å². The van der Waals surface area contributed by atoms with E-state index >= 15 is 0 Å². The molecule has 2 aromatic heterocycles. The third kappa shape index (κ3) is 2.54. The second kappa shape index (κ2) is 5.65. The summed E-state index contributed by atoms with van der Waals surface area (Å²) in [5.41, 5.74) is 9.13. The highest BCUT2D eigenvalue weighted by atomic mass is 32.1. The number of methoxy groups -OCH3 is 2. The molecule has 0 saturated carbocycles. The first-order valence-electron chi connectivity index (χ1n) is 6.61. The number of hydrogen-bond acceptors (Lipinski definition) is 5. The lowest BCUT2D eigenvalue weighted by atomic mass is 10.2. The first-order valence-corrected chi connectivity index (χ1v) is 7.56. The van der Waals surface area contributed by atoms with E-state index in [0.29, 0.717) is 17.4 Å². The first kappa shape index (κ1) is 13.8. The fourth-order valence-corrected chi connectivity index (χ4v) is 3.08. The average molecular weight is 303 g/mol. The predicted octanol–water partition coefficient (Wildman–Crippen LogP) is 2.94. The molecule has 0 aliphatic carbocycles. The standard InChI is InChI=1S/C15H17N3O2S/c1-19-13-7-11-12(8-14(13)20-2)18(15(16)17-11)5-3-10-4-6-21-9-10/h4,6-9H,3,5H2,1-2H3,(H2,16,17). The fourth-order valence-electron chi connectivity index (χ4n) is 2.38. The van der Waals surface area contributed by atoms with Crippen molar-refractivity contribution in [2.45, 2.75) is 13.0 Å². The van der Waals surface area contributed by atoms with Crippen molar-refractivity contribution in [3.8, 4) is 11.5 Å². The first-order chi connectivity index (χ1) is 10.2. The van der Waals surface area contributed by atoms with Gasteiger partial charge < -0.3 is 19.8 Å². The molecule has 0 radical (unpaired) electrons. The lowest BCUT2D eigenvalue weighted by Gasteiger charge is -2.09.